The van der Waals surface area contributed by atoms with Gasteiger partial charge in [-0.15, -0.1) is 0 Å². The SMILES string of the molecule is O=C(O)c1ccc2c(cnn2Cc2ccc(F)cc2)c1. The van der Waals surface area contributed by atoms with Crippen molar-refractivity contribution < 1.29 is 14.3 Å². The molecule has 0 saturated carbocycles. The topological polar surface area (TPSA) is 55.1 Å². The molecule has 2 aromatic carbocycles. The van der Waals surface area contributed by atoms with E-state index in [1.165, 1.54) is 12.1 Å². The van der Waals surface area contributed by atoms with Crippen LogP contribution >= 0.6 is 0 Å². The van der Waals surface area contributed by atoms with Crippen molar-refractivity contribution in [1.29, 1.82) is 0 Å². The van der Waals surface area contributed by atoms with Crippen LogP contribution in [0.5, 0.6) is 0 Å². The largest absolute Gasteiger partial charge is 0.478 e. The predicted octanol–water partition coefficient (Wildman–Crippen LogP) is 2.92. The van der Waals surface area contributed by atoms with E-state index in [9.17, 15) is 9.18 Å². The van der Waals surface area contributed by atoms with Gasteiger partial charge >= 0.3 is 5.97 Å². The van der Waals surface area contributed by atoms with E-state index in [-0.39, 0.29) is 11.4 Å². The minimum Gasteiger partial charge on any atom is -0.478 e. The Balaban J connectivity index is 1.96. The van der Waals surface area contributed by atoms with Crippen LogP contribution in [0.1, 0.15) is 15.9 Å². The molecule has 1 heterocycles. The maximum absolute atomic E-state index is 12.9. The van der Waals surface area contributed by atoms with Crippen molar-refractivity contribution in [3.63, 3.8) is 0 Å². The second-order valence-corrected chi connectivity index (χ2v) is 4.51. The number of nitrogens with zero attached hydrogens (tertiary/aromatic N) is 2. The lowest BCUT2D eigenvalue weighted by Crippen LogP contribution is -2.01. The van der Waals surface area contributed by atoms with Crippen molar-refractivity contribution >= 4 is 16.9 Å². The van der Waals surface area contributed by atoms with Crippen molar-refractivity contribution in [2.24, 2.45) is 0 Å². The minimum absolute atomic E-state index is 0.235. The Bertz CT molecular complexity index is 778. The van der Waals surface area contributed by atoms with Crippen LogP contribution in [0.4, 0.5) is 4.39 Å². The highest BCUT2D eigenvalue weighted by molar-refractivity contribution is 5.93. The van der Waals surface area contributed by atoms with Gasteiger partial charge in [-0.2, -0.15) is 5.10 Å². The quantitative estimate of drug-likeness (QED) is 0.796. The summed E-state index contributed by atoms with van der Waals surface area (Å²) in [5, 5.41) is 14.0. The standard InChI is InChI=1S/C15H11FN2O2/c16-13-4-1-10(2-5-13)9-18-14-6-3-11(15(19)20)7-12(14)8-17-18/h1-8H,9H2,(H,19,20). The Labute approximate surface area is 114 Å². The molecule has 0 radical (unpaired) electrons. The Morgan fingerprint density at radius 3 is 2.65 bits per heavy atom. The smallest absolute Gasteiger partial charge is 0.335 e. The number of aromatic nitrogens is 2. The van der Waals surface area contributed by atoms with E-state index in [1.807, 2.05) is 0 Å². The van der Waals surface area contributed by atoms with E-state index in [2.05, 4.69) is 5.10 Å². The number of hydrogen-bond donors (Lipinski definition) is 1. The molecule has 1 N–H and O–H groups in total. The van der Waals surface area contributed by atoms with E-state index in [0.717, 1.165) is 16.5 Å². The maximum Gasteiger partial charge on any atom is 0.335 e. The monoisotopic (exact) mass is 270 g/mol. The van der Waals surface area contributed by atoms with Crippen LogP contribution < -0.4 is 0 Å². The number of carboxylic acid groups (broad SMARTS) is 1. The molecule has 5 heteroatoms. The molecule has 0 atom stereocenters. The molecule has 0 aliphatic heterocycles. The molecule has 4 nitrogen and oxygen atoms in total. The van der Waals surface area contributed by atoms with Crippen molar-refractivity contribution in [3.05, 3.63) is 65.6 Å². The molecule has 0 unspecified atom stereocenters. The highest BCUT2D eigenvalue weighted by Crippen LogP contribution is 2.17. The van der Waals surface area contributed by atoms with E-state index in [1.54, 1.807) is 41.2 Å². The van der Waals surface area contributed by atoms with Crippen LogP contribution in [-0.4, -0.2) is 20.9 Å². The summed E-state index contributed by atoms with van der Waals surface area (Å²) in [5.41, 5.74) is 2.01. The molecule has 0 saturated heterocycles. The maximum atomic E-state index is 12.9. The summed E-state index contributed by atoms with van der Waals surface area (Å²) < 4.78 is 14.6. The molecule has 0 fully saturated rings. The van der Waals surface area contributed by atoms with E-state index in [0.29, 0.717) is 6.54 Å². The van der Waals surface area contributed by atoms with Gasteiger partial charge < -0.3 is 5.11 Å². The van der Waals surface area contributed by atoms with Gasteiger partial charge in [0.05, 0.1) is 23.8 Å². The van der Waals surface area contributed by atoms with E-state index >= 15 is 0 Å². The second kappa shape index (κ2) is 4.77. The minimum atomic E-state index is -0.960. The molecule has 0 amide bonds. The first kappa shape index (κ1) is 12.3. The average molecular weight is 270 g/mol. The Morgan fingerprint density at radius 1 is 1.20 bits per heavy atom. The highest BCUT2D eigenvalue weighted by atomic mass is 19.1. The van der Waals surface area contributed by atoms with Gasteiger partial charge in [0.2, 0.25) is 0 Å². The molecule has 0 aliphatic carbocycles. The fourth-order valence-electron chi connectivity index (χ4n) is 2.11. The number of fused-ring (bicyclic) bond motifs is 1. The van der Waals surface area contributed by atoms with E-state index < -0.39 is 5.97 Å². The molecule has 0 spiro atoms. The third-order valence-electron chi connectivity index (χ3n) is 3.13. The van der Waals surface area contributed by atoms with Crippen molar-refractivity contribution in [3.8, 4) is 0 Å². The summed E-state index contributed by atoms with van der Waals surface area (Å²) in [6.45, 7) is 0.510. The van der Waals surface area contributed by atoms with Gasteiger partial charge in [0.25, 0.3) is 0 Å². The van der Waals surface area contributed by atoms with E-state index in [4.69, 9.17) is 5.11 Å². The molecule has 20 heavy (non-hydrogen) atoms. The van der Waals surface area contributed by atoms with Crippen molar-refractivity contribution in [2.75, 3.05) is 0 Å². The van der Waals surface area contributed by atoms with Gasteiger partial charge in [0.15, 0.2) is 0 Å². The highest BCUT2D eigenvalue weighted by Gasteiger charge is 2.08. The third kappa shape index (κ3) is 2.25. The zero-order chi connectivity index (χ0) is 14.1. The van der Waals surface area contributed by atoms with Crippen LogP contribution in [0.25, 0.3) is 10.9 Å². The summed E-state index contributed by atoms with van der Waals surface area (Å²) in [7, 11) is 0. The van der Waals surface area contributed by atoms with Crippen LogP contribution in [0.15, 0.2) is 48.7 Å². The number of hydrogen-bond acceptors (Lipinski definition) is 2. The zero-order valence-corrected chi connectivity index (χ0v) is 10.5. The second-order valence-electron chi connectivity index (χ2n) is 4.51. The van der Waals surface area contributed by atoms with Crippen LogP contribution in [0.2, 0.25) is 0 Å². The fraction of sp³-hybridized carbons (Fsp3) is 0.0667. The lowest BCUT2D eigenvalue weighted by Gasteiger charge is -2.04. The predicted molar refractivity (Wildman–Crippen MR) is 72.2 cm³/mol. The van der Waals surface area contributed by atoms with Crippen LogP contribution in [-0.2, 0) is 6.54 Å². The van der Waals surface area contributed by atoms with Gasteiger partial charge in [0, 0.05) is 5.39 Å². The number of carbonyl (C=O) groups is 1. The number of rotatable bonds is 3. The number of halogens is 1. The lowest BCUT2D eigenvalue weighted by atomic mass is 10.1. The Morgan fingerprint density at radius 2 is 1.95 bits per heavy atom. The number of benzene rings is 2. The Hall–Kier alpha value is -2.69. The molecule has 0 aliphatic rings. The first-order valence-corrected chi connectivity index (χ1v) is 6.07. The van der Waals surface area contributed by atoms with Crippen molar-refractivity contribution in [1.82, 2.24) is 9.78 Å². The lowest BCUT2D eigenvalue weighted by molar-refractivity contribution is 0.0697. The normalized spacial score (nSPS) is 10.8. The summed E-state index contributed by atoms with van der Waals surface area (Å²) >= 11 is 0. The molecular weight excluding hydrogens is 259 g/mol. The summed E-state index contributed by atoms with van der Waals surface area (Å²) in [6.07, 6.45) is 1.63. The molecule has 100 valence electrons. The third-order valence-corrected chi connectivity index (χ3v) is 3.13. The van der Waals surface area contributed by atoms with Crippen molar-refractivity contribution in [2.45, 2.75) is 6.54 Å². The van der Waals surface area contributed by atoms with Gasteiger partial charge in [0.1, 0.15) is 5.82 Å². The average Bonchev–Trinajstić information content (AvgIpc) is 2.84. The van der Waals surface area contributed by atoms with Crippen LogP contribution in [0.3, 0.4) is 0 Å². The molecule has 3 rings (SSSR count). The first-order valence-electron chi connectivity index (χ1n) is 6.07. The van der Waals surface area contributed by atoms with Gasteiger partial charge in [-0.05, 0) is 35.9 Å². The molecule has 1 aromatic heterocycles. The Kier molecular flexibility index (Phi) is 2.95. The zero-order valence-electron chi connectivity index (χ0n) is 10.5. The molecule has 3 aromatic rings. The van der Waals surface area contributed by atoms with Gasteiger partial charge in [-0.3, -0.25) is 4.68 Å². The number of carboxylic acids is 1. The summed E-state index contributed by atoms with van der Waals surface area (Å²) in [4.78, 5) is 10.9. The molecule has 0 bridgehead atoms. The van der Waals surface area contributed by atoms with Gasteiger partial charge in [-0.25, -0.2) is 9.18 Å². The summed E-state index contributed by atoms with van der Waals surface area (Å²) in [5.74, 6) is -1.23. The van der Waals surface area contributed by atoms with Gasteiger partial charge in [-0.1, -0.05) is 12.1 Å². The first-order chi connectivity index (χ1) is 9.63. The molecular formula is C15H11FN2O2. The summed E-state index contributed by atoms with van der Waals surface area (Å²) in [6, 6.07) is 11.1. The fourth-order valence-corrected chi connectivity index (χ4v) is 2.11. The number of aromatic carboxylic acids is 1. The van der Waals surface area contributed by atoms with Crippen LogP contribution in [0, 0.1) is 5.82 Å².